The first-order valence-electron chi connectivity index (χ1n) is 8.60. The summed E-state index contributed by atoms with van der Waals surface area (Å²) in [5.74, 6) is -1.31. The first-order chi connectivity index (χ1) is 12.4. The van der Waals surface area contributed by atoms with Crippen molar-refractivity contribution in [2.24, 2.45) is 11.8 Å². The minimum absolute atomic E-state index is 0.0154. The molecule has 0 spiro atoms. The molecular weight excluding hydrogens is 379 g/mol. The zero-order chi connectivity index (χ0) is 18.8. The van der Waals surface area contributed by atoms with Crippen molar-refractivity contribution in [3.8, 4) is 0 Å². The van der Waals surface area contributed by atoms with Crippen LogP contribution in [0.2, 0.25) is 10.0 Å². The summed E-state index contributed by atoms with van der Waals surface area (Å²) in [7, 11) is 0. The van der Waals surface area contributed by atoms with Crippen LogP contribution < -0.4 is 4.90 Å². The highest BCUT2D eigenvalue weighted by atomic mass is 35.5. The molecular formula is C20H19Cl2F2NO. The SMILES string of the molecule is CC[C@@H]1C[C@@H](Cc2ccc(F)cc2F)CN(c2c(Cl)cccc2Cl)C1=O. The van der Waals surface area contributed by atoms with Crippen LogP contribution in [0, 0.1) is 23.5 Å². The second-order valence-electron chi connectivity index (χ2n) is 6.67. The molecule has 0 aliphatic carbocycles. The van der Waals surface area contributed by atoms with Crippen LogP contribution in [0.5, 0.6) is 0 Å². The Balaban J connectivity index is 1.90. The van der Waals surface area contributed by atoms with Gasteiger partial charge in [-0.2, -0.15) is 0 Å². The average molecular weight is 398 g/mol. The summed E-state index contributed by atoms with van der Waals surface area (Å²) in [5.41, 5.74) is 0.953. The third-order valence-corrected chi connectivity index (χ3v) is 5.51. The summed E-state index contributed by atoms with van der Waals surface area (Å²) in [4.78, 5) is 14.5. The monoisotopic (exact) mass is 397 g/mol. The van der Waals surface area contributed by atoms with E-state index >= 15 is 0 Å². The fraction of sp³-hybridized carbons (Fsp3) is 0.350. The van der Waals surface area contributed by atoms with Crippen molar-refractivity contribution in [2.75, 3.05) is 11.4 Å². The molecule has 6 heteroatoms. The van der Waals surface area contributed by atoms with Gasteiger partial charge in [-0.05, 0) is 48.9 Å². The molecule has 0 bridgehead atoms. The smallest absolute Gasteiger partial charge is 0.230 e. The van der Waals surface area contributed by atoms with Crippen LogP contribution in [0.1, 0.15) is 25.3 Å². The minimum atomic E-state index is -0.596. The maximum absolute atomic E-state index is 14.0. The Morgan fingerprint density at radius 1 is 1.15 bits per heavy atom. The highest BCUT2D eigenvalue weighted by Crippen LogP contribution is 2.39. The molecule has 2 aromatic rings. The van der Waals surface area contributed by atoms with E-state index < -0.39 is 11.6 Å². The number of anilines is 1. The van der Waals surface area contributed by atoms with E-state index in [9.17, 15) is 13.6 Å². The summed E-state index contributed by atoms with van der Waals surface area (Å²) >= 11 is 12.6. The maximum atomic E-state index is 14.0. The number of amides is 1. The summed E-state index contributed by atoms with van der Waals surface area (Å²) in [5, 5.41) is 0.823. The molecule has 138 valence electrons. The molecule has 0 unspecified atom stereocenters. The number of para-hydroxylation sites is 1. The van der Waals surface area contributed by atoms with Gasteiger partial charge in [-0.1, -0.05) is 42.3 Å². The molecule has 0 aromatic heterocycles. The number of piperidine rings is 1. The number of halogens is 4. The predicted octanol–water partition coefficient (Wildman–Crippen LogP) is 5.89. The number of benzene rings is 2. The molecule has 1 fully saturated rings. The highest BCUT2D eigenvalue weighted by Gasteiger charge is 2.36. The van der Waals surface area contributed by atoms with Crippen LogP contribution in [-0.4, -0.2) is 12.5 Å². The van der Waals surface area contributed by atoms with Crippen LogP contribution >= 0.6 is 23.2 Å². The van der Waals surface area contributed by atoms with Gasteiger partial charge < -0.3 is 4.90 Å². The fourth-order valence-corrected chi connectivity index (χ4v) is 4.18. The van der Waals surface area contributed by atoms with Gasteiger partial charge in [-0.3, -0.25) is 4.79 Å². The zero-order valence-corrected chi connectivity index (χ0v) is 15.8. The first-order valence-corrected chi connectivity index (χ1v) is 9.35. The van der Waals surface area contributed by atoms with Crippen molar-refractivity contribution >= 4 is 34.8 Å². The number of rotatable bonds is 4. The van der Waals surface area contributed by atoms with E-state index in [1.165, 1.54) is 12.1 Å². The van der Waals surface area contributed by atoms with Crippen molar-refractivity contribution in [3.05, 3.63) is 63.6 Å². The van der Waals surface area contributed by atoms with Crippen LogP contribution in [0.15, 0.2) is 36.4 Å². The second-order valence-corrected chi connectivity index (χ2v) is 7.48. The first kappa shape index (κ1) is 19.1. The standard InChI is InChI=1S/C20H19Cl2F2NO/c1-2-13-8-12(9-14-6-7-15(23)10-18(14)24)11-25(20(13)26)19-16(21)4-3-5-17(19)22/h3-7,10,12-13H,2,8-9,11H2,1H3/t12-,13+/m0/s1. The maximum Gasteiger partial charge on any atom is 0.230 e. The van der Waals surface area contributed by atoms with Gasteiger partial charge in [0.15, 0.2) is 0 Å². The van der Waals surface area contributed by atoms with E-state index in [2.05, 4.69) is 0 Å². The van der Waals surface area contributed by atoms with Crippen molar-refractivity contribution in [1.82, 2.24) is 0 Å². The van der Waals surface area contributed by atoms with Gasteiger partial charge >= 0.3 is 0 Å². The second kappa shape index (κ2) is 7.93. The molecule has 3 rings (SSSR count). The highest BCUT2D eigenvalue weighted by molar-refractivity contribution is 6.40. The van der Waals surface area contributed by atoms with Crippen LogP contribution in [-0.2, 0) is 11.2 Å². The van der Waals surface area contributed by atoms with Crippen LogP contribution in [0.3, 0.4) is 0 Å². The topological polar surface area (TPSA) is 20.3 Å². The molecule has 2 atom stereocenters. The molecule has 26 heavy (non-hydrogen) atoms. The largest absolute Gasteiger partial charge is 0.309 e. The van der Waals surface area contributed by atoms with E-state index in [-0.39, 0.29) is 17.7 Å². The molecule has 1 aliphatic rings. The lowest BCUT2D eigenvalue weighted by molar-refractivity contribution is -0.124. The molecule has 0 N–H and O–H groups in total. The number of hydrogen-bond acceptors (Lipinski definition) is 1. The lowest BCUT2D eigenvalue weighted by Gasteiger charge is -2.38. The van der Waals surface area contributed by atoms with Crippen molar-refractivity contribution in [2.45, 2.75) is 26.2 Å². The predicted molar refractivity (Wildman–Crippen MR) is 101 cm³/mol. The molecule has 2 nitrogen and oxygen atoms in total. The Morgan fingerprint density at radius 3 is 2.46 bits per heavy atom. The Hall–Kier alpha value is -1.65. The molecule has 1 aliphatic heterocycles. The van der Waals surface area contributed by atoms with E-state index in [1.807, 2.05) is 6.92 Å². The van der Waals surface area contributed by atoms with E-state index in [0.29, 0.717) is 47.1 Å². The van der Waals surface area contributed by atoms with Gasteiger partial charge in [0.2, 0.25) is 5.91 Å². The fourth-order valence-electron chi connectivity index (χ4n) is 3.58. The third-order valence-electron chi connectivity index (χ3n) is 4.90. The summed E-state index contributed by atoms with van der Waals surface area (Å²) in [6, 6.07) is 8.73. The number of nitrogens with zero attached hydrogens (tertiary/aromatic N) is 1. The molecule has 1 heterocycles. The average Bonchev–Trinajstić information content (AvgIpc) is 2.59. The Bertz CT molecular complexity index is 807. The van der Waals surface area contributed by atoms with Gasteiger partial charge in [-0.25, -0.2) is 8.78 Å². The van der Waals surface area contributed by atoms with Gasteiger partial charge in [0.1, 0.15) is 11.6 Å². The summed E-state index contributed by atoms with van der Waals surface area (Å²) in [6.45, 7) is 2.35. The van der Waals surface area contributed by atoms with E-state index in [4.69, 9.17) is 23.2 Å². The van der Waals surface area contributed by atoms with Crippen LogP contribution in [0.25, 0.3) is 0 Å². The molecule has 0 radical (unpaired) electrons. The Labute approximate surface area is 161 Å². The Kier molecular flexibility index (Phi) is 5.83. The van der Waals surface area contributed by atoms with E-state index in [1.54, 1.807) is 23.1 Å². The zero-order valence-electron chi connectivity index (χ0n) is 14.3. The van der Waals surface area contributed by atoms with Gasteiger partial charge in [0.05, 0.1) is 15.7 Å². The van der Waals surface area contributed by atoms with Gasteiger partial charge in [-0.15, -0.1) is 0 Å². The third kappa shape index (κ3) is 3.86. The minimum Gasteiger partial charge on any atom is -0.309 e. The Morgan fingerprint density at radius 2 is 1.85 bits per heavy atom. The summed E-state index contributed by atoms with van der Waals surface area (Å²) in [6.07, 6.45) is 1.76. The number of carbonyl (C=O) groups is 1. The summed E-state index contributed by atoms with van der Waals surface area (Å²) < 4.78 is 27.2. The molecule has 2 aromatic carbocycles. The van der Waals surface area contributed by atoms with Gasteiger partial charge in [0, 0.05) is 18.5 Å². The van der Waals surface area contributed by atoms with Crippen molar-refractivity contribution in [3.63, 3.8) is 0 Å². The quantitative estimate of drug-likeness (QED) is 0.629. The van der Waals surface area contributed by atoms with Crippen molar-refractivity contribution < 1.29 is 13.6 Å². The molecule has 1 saturated heterocycles. The number of hydrogen-bond donors (Lipinski definition) is 0. The molecule has 0 saturated carbocycles. The number of carbonyl (C=O) groups excluding carboxylic acids is 1. The lowest BCUT2D eigenvalue weighted by atomic mass is 9.83. The van der Waals surface area contributed by atoms with E-state index in [0.717, 1.165) is 6.07 Å². The normalized spacial score (nSPS) is 20.5. The van der Waals surface area contributed by atoms with Crippen LogP contribution in [0.4, 0.5) is 14.5 Å². The van der Waals surface area contributed by atoms with Crippen molar-refractivity contribution in [1.29, 1.82) is 0 Å². The lowest BCUT2D eigenvalue weighted by Crippen LogP contribution is -2.46. The van der Waals surface area contributed by atoms with Gasteiger partial charge in [0.25, 0.3) is 0 Å². The molecule has 1 amide bonds.